The first kappa shape index (κ1) is 11.3. The standard InChI is InChI=1S/C12H21NO/c1-6-12(4,5)13-10(3)11-8-7-9(2)14-11/h7-8,10,13H,6H2,1-5H3. The van der Waals surface area contributed by atoms with E-state index in [1.54, 1.807) is 0 Å². The largest absolute Gasteiger partial charge is 0.465 e. The fourth-order valence-electron chi connectivity index (χ4n) is 1.45. The normalized spacial score (nSPS) is 14.4. The van der Waals surface area contributed by atoms with Crippen molar-refractivity contribution in [2.24, 2.45) is 0 Å². The second kappa shape index (κ2) is 4.18. The summed E-state index contributed by atoms with van der Waals surface area (Å²) in [4.78, 5) is 0. The molecule has 1 N–H and O–H groups in total. The van der Waals surface area contributed by atoms with Gasteiger partial charge in [0.05, 0.1) is 6.04 Å². The van der Waals surface area contributed by atoms with E-state index in [1.807, 2.05) is 19.1 Å². The molecule has 0 aliphatic heterocycles. The van der Waals surface area contributed by atoms with Crippen LogP contribution in [0, 0.1) is 6.92 Å². The molecule has 1 aromatic heterocycles. The van der Waals surface area contributed by atoms with Crippen LogP contribution in [0.5, 0.6) is 0 Å². The van der Waals surface area contributed by atoms with Gasteiger partial charge in [-0.25, -0.2) is 0 Å². The van der Waals surface area contributed by atoms with Crippen LogP contribution in [0.25, 0.3) is 0 Å². The molecule has 2 nitrogen and oxygen atoms in total. The van der Waals surface area contributed by atoms with Gasteiger partial charge >= 0.3 is 0 Å². The van der Waals surface area contributed by atoms with Crippen molar-refractivity contribution in [3.05, 3.63) is 23.7 Å². The van der Waals surface area contributed by atoms with Crippen molar-refractivity contribution in [3.63, 3.8) is 0 Å². The lowest BCUT2D eigenvalue weighted by Gasteiger charge is -2.28. The fourth-order valence-corrected chi connectivity index (χ4v) is 1.45. The minimum atomic E-state index is 0.167. The van der Waals surface area contributed by atoms with Gasteiger partial charge < -0.3 is 9.73 Å². The van der Waals surface area contributed by atoms with Crippen molar-refractivity contribution < 1.29 is 4.42 Å². The van der Waals surface area contributed by atoms with E-state index >= 15 is 0 Å². The Balaban J connectivity index is 2.63. The zero-order chi connectivity index (χ0) is 10.8. The van der Waals surface area contributed by atoms with E-state index in [1.165, 1.54) is 0 Å². The Morgan fingerprint density at radius 2 is 2.07 bits per heavy atom. The Kier molecular flexibility index (Phi) is 3.38. The van der Waals surface area contributed by atoms with Crippen molar-refractivity contribution in [2.45, 2.75) is 52.6 Å². The highest BCUT2D eigenvalue weighted by Gasteiger charge is 2.19. The summed E-state index contributed by atoms with van der Waals surface area (Å²) in [5, 5.41) is 3.54. The molecule has 0 radical (unpaired) electrons. The van der Waals surface area contributed by atoms with Crippen molar-refractivity contribution in [1.29, 1.82) is 0 Å². The molecule has 1 atom stereocenters. The molecular weight excluding hydrogens is 174 g/mol. The van der Waals surface area contributed by atoms with Crippen LogP contribution in [0.1, 0.15) is 51.7 Å². The summed E-state index contributed by atoms with van der Waals surface area (Å²) in [7, 11) is 0. The Labute approximate surface area is 86.7 Å². The van der Waals surface area contributed by atoms with Gasteiger partial charge in [-0.1, -0.05) is 6.92 Å². The lowest BCUT2D eigenvalue weighted by atomic mass is 10.0. The average Bonchev–Trinajstić information content (AvgIpc) is 2.51. The summed E-state index contributed by atoms with van der Waals surface area (Å²) >= 11 is 0. The molecule has 0 aromatic carbocycles. The van der Waals surface area contributed by atoms with Crippen LogP contribution in [0.2, 0.25) is 0 Å². The average molecular weight is 195 g/mol. The summed E-state index contributed by atoms with van der Waals surface area (Å²) in [6.07, 6.45) is 1.11. The van der Waals surface area contributed by atoms with Gasteiger partial charge in [0.2, 0.25) is 0 Å². The first-order valence-corrected chi connectivity index (χ1v) is 5.28. The van der Waals surface area contributed by atoms with Gasteiger partial charge in [0.15, 0.2) is 0 Å². The van der Waals surface area contributed by atoms with Crippen LogP contribution >= 0.6 is 0 Å². The molecule has 0 fully saturated rings. The molecule has 80 valence electrons. The molecule has 0 bridgehead atoms. The molecule has 2 heteroatoms. The Morgan fingerprint density at radius 3 is 2.50 bits per heavy atom. The SMILES string of the molecule is CCC(C)(C)NC(C)c1ccc(C)o1. The summed E-state index contributed by atoms with van der Waals surface area (Å²) in [5.74, 6) is 1.99. The molecule has 1 aromatic rings. The predicted octanol–water partition coefficient (Wildman–Crippen LogP) is 3.43. The zero-order valence-electron chi connectivity index (χ0n) is 9.85. The molecule has 1 heterocycles. The molecule has 14 heavy (non-hydrogen) atoms. The van der Waals surface area contributed by atoms with Crippen LogP contribution in [0.15, 0.2) is 16.5 Å². The molecule has 0 aliphatic rings. The fraction of sp³-hybridized carbons (Fsp3) is 0.667. The molecule has 0 aliphatic carbocycles. The predicted molar refractivity (Wildman–Crippen MR) is 59.4 cm³/mol. The third-order valence-electron chi connectivity index (χ3n) is 2.68. The Morgan fingerprint density at radius 1 is 1.43 bits per heavy atom. The van der Waals surface area contributed by atoms with Crippen LogP contribution < -0.4 is 5.32 Å². The summed E-state index contributed by atoms with van der Waals surface area (Å²) in [6.45, 7) is 10.7. The number of aryl methyl sites for hydroxylation is 1. The van der Waals surface area contributed by atoms with E-state index < -0.39 is 0 Å². The Bertz CT molecular complexity index is 288. The molecule has 1 rings (SSSR count). The maximum absolute atomic E-state index is 5.57. The lowest BCUT2D eigenvalue weighted by Crippen LogP contribution is -2.39. The van der Waals surface area contributed by atoms with E-state index in [-0.39, 0.29) is 11.6 Å². The number of rotatable bonds is 4. The van der Waals surface area contributed by atoms with Crippen molar-refractivity contribution in [1.82, 2.24) is 5.32 Å². The number of hydrogen-bond donors (Lipinski definition) is 1. The van der Waals surface area contributed by atoms with Crippen LogP contribution in [0.4, 0.5) is 0 Å². The van der Waals surface area contributed by atoms with Crippen LogP contribution in [0.3, 0.4) is 0 Å². The third-order valence-corrected chi connectivity index (χ3v) is 2.68. The highest BCUT2D eigenvalue weighted by atomic mass is 16.3. The van der Waals surface area contributed by atoms with Gasteiger partial charge in [-0.15, -0.1) is 0 Å². The minimum absolute atomic E-state index is 0.167. The minimum Gasteiger partial charge on any atom is -0.465 e. The van der Waals surface area contributed by atoms with E-state index in [0.717, 1.165) is 17.9 Å². The summed E-state index contributed by atoms with van der Waals surface area (Å²) in [5.41, 5.74) is 0.167. The first-order chi connectivity index (χ1) is 6.44. The van der Waals surface area contributed by atoms with E-state index in [9.17, 15) is 0 Å². The number of hydrogen-bond acceptors (Lipinski definition) is 2. The van der Waals surface area contributed by atoms with Gasteiger partial charge in [0, 0.05) is 5.54 Å². The van der Waals surface area contributed by atoms with Crippen molar-refractivity contribution in [2.75, 3.05) is 0 Å². The van der Waals surface area contributed by atoms with E-state index in [0.29, 0.717) is 0 Å². The highest BCUT2D eigenvalue weighted by molar-refractivity contribution is 5.09. The van der Waals surface area contributed by atoms with Crippen LogP contribution in [-0.2, 0) is 0 Å². The van der Waals surface area contributed by atoms with Crippen molar-refractivity contribution >= 4 is 0 Å². The van der Waals surface area contributed by atoms with E-state index in [2.05, 4.69) is 33.0 Å². The highest BCUT2D eigenvalue weighted by Crippen LogP contribution is 2.20. The van der Waals surface area contributed by atoms with Gasteiger partial charge in [0.25, 0.3) is 0 Å². The number of nitrogens with one attached hydrogen (secondary N) is 1. The second-order valence-electron chi connectivity index (χ2n) is 4.55. The van der Waals surface area contributed by atoms with Crippen molar-refractivity contribution in [3.8, 4) is 0 Å². The maximum atomic E-state index is 5.57. The monoisotopic (exact) mass is 195 g/mol. The van der Waals surface area contributed by atoms with E-state index in [4.69, 9.17) is 4.42 Å². The lowest BCUT2D eigenvalue weighted by molar-refractivity contribution is 0.306. The Hall–Kier alpha value is -0.760. The van der Waals surface area contributed by atoms with Gasteiger partial charge in [-0.3, -0.25) is 0 Å². The molecule has 0 saturated carbocycles. The molecule has 0 amide bonds. The summed E-state index contributed by atoms with van der Waals surface area (Å²) < 4.78 is 5.57. The second-order valence-corrected chi connectivity index (χ2v) is 4.55. The first-order valence-electron chi connectivity index (χ1n) is 5.28. The van der Waals surface area contributed by atoms with Gasteiger partial charge in [-0.2, -0.15) is 0 Å². The molecule has 0 spiro atoms. The third kappa shape index (κ3) is 2.88. The molecular formula is C12H21NO. The number of furan rings is 1. The summed E-state index contributed by atoms with van der Waals surface area (Å²) in [6, 6.07) is 4.32. The quantitative estimate of drug-likeness (QED) is 0.796. The maximum Gasteiger partial charge on any atom is 0.120 e. The smallest absolute Gasteiger partial charge is 0.120 e. The topological polar surface area (TPSA) is 25.2 Å². The van der Waals surface area contributed by atoms with Gasteiger partial charge in [-0.05, 0) is 46.2 Å². The zero-order valence-corrected chi connectivity index (χ0v) is 9.85. The van der Waals surface area contributed by atoms with Gasteiger partial charge in [0.1, 0.15) is 11.5 Å². The molecule has 1 unspecified atom stereocenters. The van der Waals surface area contributed by atoms with Crippen LogP contribution in [-0.4, -0.2) is 5.54 Å². The molecule has 0 saturated heterocycles.